The van der Waals surface area contributed by atoms with Crippen molar-refractivity contribution in [2.45, 2.75) is 11.8 Å². The molecule has 8 heteroatoms. The lowest BCUT2D eigenvalue weighted by Gasteiger charge is -2.20. The molecular weight excluding hydrogens is 322 g/mol. The van der Waals surface area contributed by atoms with Crippen LogP contribution in [0.15, 0.2) is 38.8 Å². The summed E-state index contributed by atoms with van der Waals surface area (Å²) in [6.07, 6.45) is 0. The van der Waals surface area contributed by atoms with Crippen LogP contribution >= 0.6 is 15.9 Å². The van der Waals surface area contributed by atoms with Gasteiger partial charge in [0.15, 0.2) is 5.84 Å². The van der Waals surface area contributed by atoms with E-state index in [1.165, 1.54) is 6.07 Å². The minimum Gasteiger partial charge on any atom is -0.409 e. The van der Waals surface area contributed by atoms with Gasteiger partial charge >= 0.3 is 0 Å². The number of amidine groups is 1. The fraction of sp³-hybridized carbons (Fsp3) is 0.300. The zero-order valence-corrected chi connectivity index (χ0v) is 12.1. The molecule has 6 nitrogen and oxygen atoms in total. The smallest absolute Gasteiger partial charge is 0.244 e. The quantitative estimate of drug-likeness (QED) is 0.366. The topological polar surface area (TPSA) is 96.0 Å². The van der Waals surface area contributed by atoms with Crippen LogP contribution in [0.2, 0.25) is 0 Å². The van der Waals surface area contributed by atoms with Gasteiger partial charge in [-0.1, -0.05) is 24.2 Å². The molecule has 0 aliphatic rings. The third-order valence-corrected chi connectivity index (χ3v) is 5.21. The summed E-state index contributed by atoms with van der Waals surface area (Å²) in [5.41, 5.74) is 5.34. The molecule has 0 atom stereocenters. The second-order valence-electron chi connectivity index (χ2n) is 3.45. The lowest BCUT2D eigenvalue weighted by molar-refractivity contribution is 0.315. The van der Waals surface area contributed by atoms with E-state index in [2.05, 4.69) is 21.1 Å². The van der Waals surface area contributed by atoms with Crippen LogP contribution in [0.25, 0.3) is 0 Å². The molecule has 1 aromatic rings. The summed E-state index contributed by atoms with van der Waals surface area (Å²) in [6.45, 7) is 1.75. The molecule has 0 aliphatic heterocycles. The van der Waals surface area contributed by atoms with E-state index in [0.717, 1.165) is 4.31 Å². The Morgan fingerprint density at radius 3 is 2.61 bits per heavy atom. The maximum Gasteiger partial charge on any atom is 0.244 e. The first-order chi connectivity index (χ1) is 8.43. The molecule has 0 aromatic heterocycles. The van der Waals surface area contributed by atoms with Crippen LogP contribution in [0.4, 0.5) is 0 Å². The Hall–Kier alpha value is -1.12. The number of likely N-dealkylation sites (N-methyl/N-ethyl adjacent to an activating group) is 1. The van der Waals surface area contributed by atoms with E-state index >= 15 is 0 Å². The number of oxime groups is 1. The average Bonchev–Trinajstić information content (AvgIpc) is 2.35. The van der Waals surface area contributed by atoms with E-state index in [9.17, 15) is 8.42 Å². The van der Waals surface area contributed by atoms with Crippen LogP contribution in [-0.2, 0) is 10.0 Å². The van der Waals surface area contributed by atoms with Crippen LogP contribution in [0.5, 0.6) is 0 Å². The van der Waals surface area contributed by atoms with E-state index in [0.29, 0.717) is 4.47 Å². The van der Waals surface area contributed by atoms with Crippen LogP contribution in [-0.4, -0.2) is 36.9 Å². The highest BCUT2D eigenvalue weighted by Gasteiger charge is 2.25. The Morgan fingerprint density at radius 2 is 2.11 bits per heavy atom. The normalized spacial score (nSPS) is 12.9. The van der Waals surface area contributed by atoms with Gasteiger partial charge in [0.1, 0.15) is 0 Å². The number of sulfonamides is 1. The highest BCUT2D eigenvalue weighted by atomic mass is 79.9. The van der Waals surface area contributed by atoms with Crippen molar-refractivity contribution in [3.05, 3.63) is 28.7 Å². The lowest BCUT2D eigenvalue weighted by Crippen LogP contribution is -2.38. The van der Waals surface area contributed by atoms with Crippen molar-refractivity contribution in [1.29, 1.82) is 0 Å². The first-order valence-corrected chi connectivity index (χ1v) is 7.37. The second-order valence-corrected chi connectivity index (χ2v) is 6.21. The minimum atomic E-state index is -3.67. The Kier molecular flexibility index (Phi) is 5.12. The number of benzene rings is 1. The molecule has 0 fully saturated rings. The summed E-state index contributed by atoms with van der Waals surface area (Å²) in [5.74, 6) is -0.160. The molecule has 0 spiro atoms. The summed E-state index contributed by atoms with van der Waals surface area (Å²) in [5, 5.41) is 11.3. The Morgan fingerprint density at radius 1 is 1.50 bits per heavy atom. The number of hydrogen-bond acceptors (Lipinski definition) is 4. The van der Waals surface area contributed by atoms with E-state index in [1.807, 2.05) is 0 Å². The van der Waals surface area contributed by atoms with Gasteiger partial charge in [0, 0.05) is 11.0 Å². The maximum absolute atomic E-state index is 12.3. The van der Waals surface area contributed by atoms with Gasteiger partial charge in [-0.25, -0.2) is 8.42 Å². The summed E-state index contributed by atoms with van der Waals surface area (Å²) in [4.78, 5) is 0.151. The first kappa shape index (κ1) is 14.9. The summed E-state index contributed by atoms with van der Waals surface area (Å²) in [6, 6.07) is 6.50. The predicted molar refractivity (Wildman–Crippen MR) is 72.0 cm³/mol. The van der Waals surface area contributed by atoms with Gasteiger partial charge in [-0.15, -0.1) is 0 Å². The van der Waals surface area contributed by atoms with E-state index in [4.69, 9.17) is 10.9 Å². The fourth-order valence-electron chi connectivity index (χ4n) is 1.37. The van der Waals surface area contributed by atoms with Crippen molar-refractivity contribution in [2.75, 3.05) is 13.1 Å². The van der Waals surface area contributed by atoms with Crippen molar-refractivity contribution in [3.8, 4) is 0 Å². The van der Waals surface area contributed by atoms with E-state index in [1.54, 1.807) is 25.1 Å². The predicted octanol–water partition coefficient (Wildman–Crippen LogP) is 1.21. The monoisotopic (exact) mass is 335 g/mol. The number of hydrogen-bond donors (Lipinski definition) is 2. The molecule has 0 radical (unpaired) electrons. The van der Waals surface area contributed by atoms with Crippen LogP contribution in [0, 0.1) is 0 Å². The maximum atomic E-state index is 12.3. The van der Waals surface area contributed by atoms with Gasteiger partial charge in [-0.2, -0.15) is 4.31 Å². The molecule has 0 saturated heterocycles. The fourth-order valence-corrected chi connectivity index (χ4v) is 3.76. The molecule has 1 aromatic carbocycles. The molecular formula is C10H14BrN3O3S. The first-order valence-electron chi connectivity index (χ1n) is 5.14. The van der Waals surface area contributed by atoms with Crippen molar-refractivity contribution in [2.24, 2.45) is 10.9 Å². The van der Waals surface area contributed by atoms with Gasteiger partial charge in [0.25, 0.3) is 0 Å². The molecule has 3 N–H and O–H groups in total. The number of nitrogens with zero attached hydrogens (tertiary/aromatic N) is 2. The van der Waals surface area contributed by atoms with Crippen LogP contribution < -0.4 is 5.73 Å². The van der Waals surface area contributed by atoms with Crippen LogP contribution in [0.3, 0.4) is 0 Å². The molecule has 0 aliphatic carbocycles. The summed E-state index contributed by atoms with van der Waals surface area (Å²) in [7, 11) is -3.67. The third-order valence-electron chi connectivity index (χ3n) is 2.27. The molecule has 0 saturated carbocycles. The van der Waals surface area contributed by atoms with E-state index < -0.39 is 10.0 Å². The van der Waals surface area contributed by atoms with Crippen molar-refractivity contribution in [1.82, 2.24) is 4.31 Å². The number of nitrogens with two attached hydrogens (primary N) is 1. The van der Waals surface area contributed by atoms with Crippen molar-refractivity contribution < 1.29 is 13.6 Å². The van der Waals surface area contributed by atoms with Gasteiger partial charge < -0.3 is 10.9 Å². The number of halogens is 1. The Balaban J connectivity index is 3.16. The molecule has 0 bridgehead atoms. The van der Waals surface area contributed by atoms with Crippen molar-refractivity contribution >= 4 is 31.8 Å². The van der Waals surface area contributed by atoms with Gasteiger partial charge in [0.2, 0.25) is 10.0 Å². The SMILES string of the molecule is CCN(CC(N)=NO)S(=O)(=O)c1ccccc1Br. The molecule has 0 unspecified atom stereocenters. The largest absolute Gasteiger partial charge is 0.409 e. The molecule has 1 rings (SSSR count). The van der Waals surface area contributed by atoms with Crippen molar-refractivity contribution in [3.63, 3.8) is 0 Å². The highest BCUT2D eigenvalue weighted by molar-refractivity contribution is 9.10. The molecule has 18 heavy (non-hydrogen) atoms. The van der Waals surface area contributed by atoms with Gasteiger partial charge in [-0.3, -0.25) is 0 Å². The Bertz CT molecular complexity index is 545. The van der Waals surface area contributed by atoms with Gasteiger partial charge in [0.05, 0.1) is 11.4 Å². The summed E-state index contributed by atoms with van der Waals surface area (Å²) < 4.78 is 26.3. The Labute approximate surface area is 114 Å². The lowest BCUT2D eigenvalue weighted by atomic mass is 10.4. The standard InChI is InChI=1S/C10H14BrN3O3S/c1-2-14(7-10(12)13-15)18(16,17)9-6-4-3-5-8(9)11/h3-6,15H,2,7H2,1H3,(H2,12,13). The van der Waals surface area contributed by atoms with Crippen LogP contribution in [0.1, 0.15) is 6.92 Å². The molecule has 0 heterocycles. The second kappa shape index (κ2) is 6.17. The zero-order valence-electron chi connectivity index (χ0n) is 9.75. The highest BCUT2D eigenvalue weighted by Crippen LogP contribution is 2.24. The zero-order chi connectivity index (χ0) is 13.8. The molecule has 0 amide bonds. The molecule has 100 valence electrons. The van der Waals surface area contributed by atoms with E-state index in [-0.39, 0.29) is 23.8 Å². The number of rotatable bonds is 5. The average molecular weight is 336 g/mol. The third kappa shape index (κ3) is 3.21. The summed E-state index contributed by atoms with van der Waals surface area (Å²) >= 11 is 3.20. The minimum absolute atomic E-state index is 0.151. The van der Waals surface area contributed by atoms with Gasteiger partial charge in [-0.05, 0) is 28.1 Å².